The van der Waals surface area contributed by atoms with Crippen molar-refractivity contribution in [3.63, 3.8) is 0 Å². The molecule has 0 radical (unpaired) electrons. The third-order valence-electron chi connectivity index (χ3n) is 3.20. The number of anilines is 2. The van der Waals surface area contributed by atoms with Crippen LogP contribution in [0.15, 0.2) is 48.9 Å². The molecule has 0 saturated heterocycles. The molecule has 112 valence electrons. The van der Waals surface area contributed by atoms with Gasteiger partial charge in [0.05, 0.1) is 4.88 Å². The number of thiazole rings is 1. The minimum absolute atomic E-state index is 0.0292. The predicted molar refractivity (Wildman–Crippen MR) is 91.6 cm³/mol. The first kappa shape index (κ1) is 14.7. The fourth-order valence-electron chi connectivity index (χ4n) is 2.01. The summed E-state index contributed by atoms with van der Waals surface area (Å²) in [6, 6.07) is 9.99. The van der Waals surface area contributed by atoms with Gasteiger partial charge in [0.15, 0.2) is 5.13 Å². The standard InChI is InChI=1S/C17H18N4S/c1-17(2,3)14-7-4-8-15(20-14)21-16-19-11-13(22-16)12-6-5-9-18-10-12/h4-11H,1-3H3,(H,19,20,21). The molecular formula is C17H18N4S. The number of aromatic nitrogens is 3. The third kappa shape index (κ3) is 3.31. The number of hydrogen-bond acceptors (Lipinski definition) is 5. The molecule has 0 aromatic carbocycles. The van der Waals surface area contributed by atoms with Crippen LogP contribution in [0.25, 0.3) is 10.4 Å². The van der Waals surface area contributed by atoms with E-state index in [1.165, 1.54) is 0 Å². The summed E-state index contributed by atoms with van der Waals surface area (Å²) in [5, 5.41) is 4.11. The predicted octanol–water partition coefficient (Wildman–Crippen LogP) is 4.64. The minimum Gasteiger partial charge on any atom is -0.316 e. The van der Waals surface area contributed by atoms with Gasteiger partial charge in [-0.15, -0.1) is 0 Å². The second kappa shape index (κ2) is 5.85. The highest BCUT2D eigenvalue weighted by Gasteiger charge is 2.15. The summed E-state index contributed by atoms with van der Waals surface area (Å²) in [6.45, 7) is 6.47. The van der Waals surface area contributed by atoms with Crippen molar-refractivity contribution in [2.45, 2.75) is 26.2 Å². The van der Waals surface area contributed by atoms with Gasteiger partial charge in [-0.25, -0.2) is 9.97 Å². The number of nitrogens with zero attached hydrogens (tertiary/aromatic N) is 3. The molecule has 3 aromatic rings. The highest BCUT2D eigenvalue weighted by atomic mass is 32.1. The molecule has 4 nitrogen and oxygen atoms in total. The number of hydrogen-bond donors (Lipinski definition) is 1. The Bertz CT molecular complexity index is 760. The molecule has 22 heavy (non-hydrogen) atoms. The molecule has 0 spiro atoms. The molecule has 0 aliphatic heterocycles. The van der Waals surface area contributed by atoms with E-state index >= 15 is 0 Å². The molecule has 0 fully saturated rings. The molecule has 0 aliphatic carbocycles. The lowest BCUT2D eigenvalue weighted by Gasteiger charge is -2.18. The van der Waals surface area contributed by atoms with Crippen molar-refractivity contribution in [3.05, 3.63) is 54.6 Å². The second-order valence-corrected chi connectivity index (χ2v) is 7.09. The molecule has 0 bridgehead atoms. The zero-order valence-electron chi connectivity index (χ0n) is 12.9. The number of pyridine rings is 2. The SMILES string of the molecule is CC(C)(C)c1cccc(Nc2ncc(-c3cccnc3)s2)n1. The monoisotopic (exact) mass is 310 g/mol. The summed E-state index contributed by atoms with van der Waals surface area (Å²) in [7, 11) is 0. The van der Waals surface area contributed by atoms with E-state index in [-0.39, 0.29) is 5.41 Å². The Morgan fingerprint density at radius 1 is 1.05 bits per heavy atom. The molecular weight excluding hydrogens is 292 g/mol. The summed E-state index contributed by atoms with van der Waals surface area (Å²) < 4.78 is 0. The van der Waals surface area contributed by atoms with Gasteiger partial charge in [-0.05, 0) is 18.2 Å². The Labute approximate surface area is 134 Å². The van der Waals surface area contributed by atoms with Gasteiger partial charge < -0.3 is 5.32 Å². The van der Waals surface area contributed by atoms with Crippen molar-refractivity contribution >= 4 is 22.3 Å². The van der Waals surface area contributed by atoms with Crippen molar-refractivity contribution in [1.29, 1.82) is 0 Å². The first-order valence-electron chi connectivity index (χ1n) is 7.13. The molecule has 3 rings (SSSR count). The van der Waals surface area contributed by atoms with Crippen LogP contribution in [-0.4, -0.2) is 15.0 Å². The van der Waals surface area contributed by atoms with Gasteiger partial charge in [-0.3, -0.25) is 4.98 Å². The minimum atomic E-state index is 0.0292. The summed E-state index contributed by atoms with van der Waals surface area (Å²) in [4.78, 5) is 14.3. The van der Waals surface area contributed by atoms with E-state index < -0.39 is 0 Å². The van der Waals surface area contributed by atoms with E-state index in [9.17, 15) is 0 Å². The second-order valence-electron chi connectivity index (χ2n) is 6.05. The Morgan fingerprint density at radius 2 is 1.91 bits per heavy atom. The summed E-state index contributed by atoms with van der Waals surface area (Å²) in [6.07, 6.45) is 5.47. The van der Waals surface area contributed by atoms with Crippen LogP contribution in [0.3, 0.4) is 0 Å². The molecule has 1 N–H and O–H groups in total. The molecule has 0 unspecified atom stereocenters. The smallest absolute Gasteiger partial charge is 0.188 e. The highest BCUT2D eigenvalue weighted by Crippen LogP contribution is 2.30. The zero-order chi connectivity index (χ0) is 15.6. The van der Waals surface area contributed by atoms with Crippen LogP contribution in [0, 0.1) is 0 Å². The maximum Gasteiger partial charge on any atom is 0.188 e. The van der Waals surface area contributed by atoms with Crippen LogP contribution in [0.4, 0.5) is 10.9 Å². The van der Waals surface area contributed by atoms with Crippen molar-refractivity contribution in [2.24, 2.45) is 0 Å². The normalized spacial score (nSPS) is 11.4. The van der Waals surface area contributed by atoms with E-state index in [0.717, 1.165) is 27.1 Å². The van der Waals surface area contributed by atoms with Gasteiger partial charge in [0.1, 0.15) is 5.82 Å². The van der Waals surface area contributed by atoms with Gasteiger partial charge in [0.2, 0.25) is 0 Å². The molecule has 0 aliphatic rings. The lowest BCUT2D eigenvalue weighted by molar-refractivity contribution is 0.570. The zero-order valence-corrected chi connectivity index (χ0v) is 13.7. The Balaban J connectivity index is 1.81. The average Bonchev–Trinajstić information content (AvgIpc) is 2.96. The maximum absolute atomic E-state index is 4.66. The molecule has 0 saturated carbocycles. The molecule has 0 atom stereocenters. The molecule has 5 heteroatoms. The van der Waals surface area contributed by atoms with Crippen molar-refractivity contribution < 1.29 is 0 Å². The van der Waals surface area contributed by atoms with Crippen molar-refractivity contribution in [3.8, 4) is 10.4 Å². The van der Waals surface area contributed by atoms with Crippen LogP contribution in [0.5, 0.6) is 0 Å². The third-order valence-corrected chi connectivity index (χ3v) is 4.17. The first-order chi connectivity index (χ1) is 10.5. The summed E-state index contributed by atoms with van der Waals surface area (Å²) >= 11 is 1.59. The van der Waals surface area contributed by atoms with E-state index in [0.29, 0.717) is 0 Å². The maximum atomic E-state index is 4.66. The Hall–Kier alpha value is -2.27. The number of rotatable bonds is 3. The number of nitrogens with one attached hydrogen (secondary N) is 1. The largest absolute Gasteiger partial charge is 0.316 e. The van der Waals surface area contributed by atoms with E-state index in [2.05, 4.69) is 41.0 Å². The van der Waals surface area contributed by atoms with E-state index in [4.69, 9.17) is 0 Å². The van der Waals surface area contributed by atoms with Crippen LogP contribution in [0.2, 0.25) is 0 Å². The lowest BCUT2D eigenvalue weighted by Crippen LogP contribution is -2.13. The van der Waals surface area contributed by atoms with E-state index in [1.807, 2.05) is 42.7 Å². The summed E-state index contributed by atoms with van der Waals surface area (Å²) in [5.74, 6) is 0.819. The Morgan fingerprint density at radius 3 is 2.64 bits per heavy atom. The van der Waals surface area contributed by atoms with Gasteiger partial charge in [0.25, 0.3) is 0 Å². The fraction of sp³-hybridized carbons (Fsp3) is 0.235. The van der Waals surface area contributed by atoms with Gasteiger partial charge in [-0.1, -0.05) is 44.2 Å². The fourth-order valence-corrected chi connectivity index (χ4v) is 2.82. The Kier molecular flexibility index (Phi) is 3.90. The highest BCUT2D eigenvalue weighted by molar-refractivity contribution is 7.18. The molecule has 0 amide bonds. The quantitative estimate of drug-likeness (QED) is 0.765. The van der Waals surface area contributed by atoms with Crippen molar-refractivity contribution in [1.82, 2.24) is 15.0 Å². The van der Waals surface area contributed by atoms with Crippen LogP contribution in [0.1, 0.15) is 26.5 Å². The van der Waals surface area contributed by atoms with Crippen LogP contribution in [-0.2, 0) is 5.41 Å². The first-order valence-corrected chi connectivity index (χ1v) is 7.95. The topological polar surface area (TPSA) is 50.7 Å². The van der Waals surface area contributed by atoms with Crippen LogP contribution >= 0.6 is 11.3 Å². The summed E-state index contributed by atoms with van der Waals surface area (Å²) in [5.41, 5.74) is 2.16. The van der Waals surface area contributed by atoms with Crippen LogP contribution < -0.4 is 5.32 Å². The van der Waals surface area contributed by atoms with Gasteiger partial charge in [-0.2, -0.15) is 0 Å². The van der Waals surface area contributed by atoms with E-state index in [1.54, 1.807) is 17.5 Å². The lowest BCUT2D eigenvalue weighted by atomic mass is 9.92. The van der Waals surface area contributed by atoms with Crippen molar-refractivity contribution in [2.75, 3.05) is 5.32 Å². The molecule has 3 aromatic heterocycles. The average molecular weight is 310 g/mol. The van der Waals surface area contributed by atoms with Gasteiger partial charge >= 0.3 is 0 Å². The molecule has 3 heterocycles. The van der Waals surface area contributed by atoms with Gasteiger partial charge in [0, 0.05) is 35.3 Å².